The molecule has 0 aliphatic rings. The van der Waals surface area contributed by atoms with Crippen molar-refractivity contribution in [3.63, 3.8) is 0 Å². The molecule has 0 unspecified atom stereocenters. The van der Waals surface area contributed by atoms with Crippen molar-refractivity contribution < 1.29 is 0 Å². The molecule has 9 aromatic rings. The standard InChI is InChI=1S/C40H25N3/c1-2-11-29(12-3-1)43-37-17-9-6-14-31(37)33-24-23-32-30-13-5-8-16-36(30)42-39(38(32)40(33)43)28-20-18-27(19-21-28)35-25-22-26-10-4-7-15-34(26)41-35/h1-25H. The highest BCUT2D eigenvalue weighted by molar-refractivity contribution is 6.25. The second-order valence-electron chi connectivity index (χ2n) is 11.0. The summed E-state index contributed by atoms with van der Waals surface area (Å²) >= 11 is 0. The van der Waals surface area contributed by atoms with Gasteiger partial charge in [0.25, 0.3) is 0 Å². The molecule has 0 aliphatic heterocycles. The van der Waals surface area contributed by atoms with E-state index in [1.54, 1.807) is 0 Å². The average Bonchev–Trinajstić information content (AvgIpc) is 3.43. The molecule has 0 spiro atoms. The molecule has 9 rings (SSSR count). The van der Waals surface area contributed by atoms with Crippen molar-refractivity contribution in [1.29, 1.82) is 0 Å². The van der Waals surface area contributed by atoms with Crippen LogP contribution in [0.1, 0.15) is 0 Å². The molecule has 3 heterocycles. The van der Waals surface area contributed by atoms with Crippen LogP contribution in [0.3, 0.4) is 0 Å². The molecule has 0 N–H and O–H groups in total. The summed E-state index contributed by atoms with van der Waals surface area (Å²) < 4.78 is 2.40. The van der Waals surface area contributed by atoms with Gasteiger partial charge in [-0.2, -0.15) is 0 Å². The van der Waals surface area contributed by atoms with Gasteiger partial charge in [0.05, 0.1) is 33.5 Å². The van der Waals surface area contributed by atoms with E-state index in [2.05, 4.69) is 144 Å². The van der Waals surface area contributed by atoms with Crippen LogP contribution in [0.15, 0.2) is 152 Å². The molecule has 0 amide bonds. The Bertz CT molecular complexity index is 2490. The highest BCUT2D eigenvalue weighted by Crippen LogP contribution is 2.42. The molecule has 0 saturated heterocycles. The molecule has 43 heavy (non-hydrogen) atoms. The fourth-order valence-electron chi connectivity index (χ4n) is 6.58. The molecule has 0 aliphatic carbocycles. The molecule has 200 valence electrons. The molecule has 0 atom stereocenters. The van der Waals surface area contributed by atoms with E-state index < -0.39 is 0 Å². The Labute approximate surface area is 248 Å². The number of pyridine rings is 2. The lowest BCUT2D eigenvalue weighted by molar-refractivity contribution is 1.19. The van der Waals surface area contributed by atoms with E-state index in [1.807, 2.05) is 12.1 Å². The highest BCUT2D eigenvalue weighted by Gasteiger charge is 2.20. The molecule has 3 nitrogen and oxygen atoms in total. The van der Waals surface area contributed by atoms with E-state index >= 15 is 0 Å². The number of nitrogens with zero attached hydrogens (tertiary/aromatic N) is 3. The minimum absolute atomic E-state index is 0.966. The fourth-order valence-corrected chi connectivity index (χ4v) is 6.58. The van der Waals surface area contributed by atoms with Crippen molar-refractivity contribution >= 4 is 54.4 Å². The normalized spacial score (nSPS) is 11.7. The van der Waals surface area contributed by atoms with Gasteiger partial charge in [-0.3, -0.25) is 0 Å². The quantitative estimate of drug-likeness (QED) is 0.206. The number of benzene rings is 6. The third-order valence-electron chi connectivity index (χ3n) is 8.57. The SMILES string of the molecule is c1ccc(-n2c3ccccc3c3ccc4c5ccccc5nc(-c5ccc(-c6ccc7ccccc7n6)cc5)c4c32)cc1. The van der Waals surface area contributed by atoms with E-state index in [9.17, 15) is 0 Å². The number of hydrogen-bond donors (Lipinski definition) is 0. The van der Waals surface area contributed by atoms with Gasteiger partial charge >= 0.3 is 0 Å². The summed E-state index contributed by atoms with van der Waals surface area (Å²) in [5, 5.41) is 7.13. The Morgan fingerprint density at radius 2 is 1.09 bits per heavy atom. The van der Waals surface area contributed by atoms with Crippen LogP contribution in [0.2, 0.25) is 0 Å². The predicted molar refractivity (Wildman–Crippen MR) is 180 cm³/mol. The first-order valence-corrected chi connectivity index (χ1v) is 14.6. The van der Waals surface area contributed by atoms with Gasteiger partial charge in [0.1, 0.15) is 0 Å². The van der Waals surface area contributed by atoms with E-state index in [0.29, 0.717) is 0 Å². The molecule has 3 aromatic heterocycles. The van der Waals surface area contributed by atoms with E-state index in [0.717, 1.165) is 55.4 Å². The maximum Gasteiger partial charge on any atom is 0.0809 e. The van der Waals surface area contributed by atoms with Crippen molar-refractivity contribution in [2.45, 2.75) is 0 Å². The van der Waals surface area contributed by atoms with Crippen molar-refractivity contribution in [3.05, 3.63) is 152 Å². The number of fused-ring (bicyclic) bond motifs is 8. The first-order valence-electron chi connectivity index (χ1n) is 14.6. The lowest BCUT2D eigenvalue weighted by atomic mass is 9.96. The second kappa shape index (κ2) is 9.37. The van der Waals surface area contributed by atoms with Gasteiger partial charge in [0.2, 0.25) is 0 Å². The molecular weight excluding hydrogens is 522 g/mol. The zero-order valence-corrected chi connectivity index (χ0v) is 23.3. The zero-order chi connectivity index (χ0) is 28.3. The lowest BCUT2D eigenvalue weighted by Gasteiger charge is -2.15. The van der Waals surface area contributed by atoms with E-state index in [-0.39, 0.29) is 0 Å². The van der Waals surface area contributed by atoms with Crippen LogP contribution in [-0.2, 0) is 0 Å². The third-order valence-corrected chi connectivity index (χ3v) is 8.57. The Balaban J connectivity index is 1.35. The number of para-hydroxylation sites is 4. The van der Waals surface area contributed by atoms with Crippen LogP contribution in [0, 0.1) is 0 Å². The van der Waals surface area contributed by atoms with Crippen LogP contribution in [0.25, 0.3) is 82.6 Å². The molecule has 0 radical (unpaired) electrons. The summed E-state index contributed by atoms with van der Waals surface area (Å²) in [5.74, 6) is 0. The minimum Gasteiger partial charge on any atom is -0.309 e. The Hall–Kier alpha value is -5.80. The van der Waals surface area contributed by atoms with Crippen molar-refractivity contribution in [2.75, 3.05) is 0 Å². The second-order valence-corrected chi connectivity index (χ2v) is 11.0. The summed E-state index contributed by atoms with van der Waals surface area (Å²) in [6.07, 6.45) is 0. The van der Waals surface area contributed by atoms with Crippen molar-refractivity contribution in [1.82, 2.24) is 14.5 Å². The van der Waals surface area contributed by atoms with Gasteiger partial charge < -0.3 is 4.57 Å². The van der Waals surface area contributed by atoms with Gasteiger partial charge in [-0.15, -0.1) is 0 Å². The molecule has 0 saturated carbocycles. The molecule has 0 fully saturated rings. The summed E-state index contributed by atoms with van der Waals surface area (Å²) in [6.45, 7) is 0. The van der Waals surface area contributed by atoms with Crippen molar-refractivity contribution in [2.24, 2.45) is 0 Å². The predicted octanol–water partition coefficient (Wildman–Crippen LogP) is 10.4. The number of aromatic nitrogens is 3. The highest BCUT2D eigenvalue weighted by atomic mass is 15.0. The fraction of sp³-hybridized carbons (Fsp3) is 0. The summed E-state index contributed by atoms with van der Waals surface area (Å²) in [7, 11) is 0. The van der Waals surface area contributed by atoms with Gasteiger partial charge in [-0.1, -0.05) is 115 Å². The smallest absolute Gasteiger partial charge is 0.0809 e. The first kappa shape index (κ1) is 23.9. The molecular formula is C40H25N3. The van der Waals surface area contributed by atoms with Crippen LogP contribution in [0.5, 0.6) is 0 Å². The minimum atomic E-state index is 0.966. The summed E-state index contributed by atoms with van der Waals surface area (Å²) in [5.41, 5.74) is 9.62. The largest absolute Gasteiger partial charge is 0.309 e. The zero-order valence-electron chi connectivity index (χ0n) is 23.3. The molecule has 3 heteroatoms. The maximum absolute atomic E-state index is 5.34. The average molecular weight is 548 g/mol. The monoisotopic (exact) mass is 547 g/mol. The first-order chi connectivity index (χ1) is 21.3. The van der Waals surface area contributed by atoms with Gasteiger partial charge in [0.15, 0.2) is 0 Å². The lowest BCUT2D eigenvalue weighted by Crippen LogP contribution is -1.97. The van der Waals surface area contributed by atoms with Crippen molar-refractivity contribution in [3.8, 4) is 28.2 Å². The van der Waals surface area contributed by atoms with E-state index in [4.69, 9.17) is 9.97 Å². The van der Waals surface area contributed by atoms with Gasteiger partial charge in [0, 0.05) is 43.7 Å². The molecule has 6 aromatic carbocycles. The molecule has 0 bridgehead atoms. The Morgan fingerprint density at radius 3 is 1.95 bits per heavy atom. The van der Waals surface area contributed by atoms with Crippen LogP contribution >= 0.6 is 0 Å². The Morgan fingerprint density at radius 1 is 0.419 bits per heavy atom. The van der Waals surface area contributed by atoms with Crippen LogP contribution < -0.4 is 0 Å². The van der Waals surface area contributed by atoms with Gasteiger partial charge in [-0.25, -0.2) is 9.97 Å². The number of hydrogen-bond acceptors (Lipinski definition) is 2. The van der Waals surface area contributed by atoms with Gasteiger partial charge in [-0.05, 0) is 41.8 Å². The number of rotatable bonds is 3. The topological polar surface area (TPSA) is 30.7 Å². The summed E-state index contributed by atoms with van der Waals surface area (Å²) in [4.78, 5) is 10.3. The Kier molecular flexibility index (Phi) is 5.20. The maximum atomic E-state index is 5.34. The van der Waals surface area contributed by atoms with E-state index in [1.165, 1.54) is 27.2 Å². The van der Waals surface area contributed by atoms with Crippen LogP contribution in [0.4, 0.5) is 0 Å². The third kappa shape index (κ3) is 3.68. The van der Waals surface area contributed by atoms with Crippen LogP contribution in [-0.4, -0.2) is 14.5 Å². The summed E-state index contributed by atoms with van der Waals surface area (Å²) in [6, 6.07) is 53.6.